The fourth-order valence-electron chi connectivity index (χ4n) is 1.18. The zero-order valence-corrected chi connectivity index (χ0v) is 12.1. The molecule has 116 valence electrons. The maximum Gasteiger partial charge on any atom is 0.431 e. The number of rotatable bonds is 6. The molecule has 10 heteroatoms. The molecule has 0 spiro atoms. The first-order valence-corrected chi connectivity index (χ1v) is 7.01. The SMILES string of the molecule is CCOC(=O)C/C(=N\Nc1nccc(SC)n1)C(F)(F)F. The van der Waals surface area contributed by atoms with Gasteiger partial charge in [0.15, 0.2) is 5.71 Å². The van der Waals surface area contributed by atoms with E-state index in [-0.39, 0.29) is 12.6 Å². The van der Waals surface area contributed by atoms with E-state index in [1.54, 1.807) is 12.3 Å². The molecule has 0 atom stereocenters. The molecule has 1 aromatic heterocycles. The summed E-state index contributed by atoms with van der Waals surface area (Å²) in [7, 11) is 0. The largest absolute Gasteiger partial charge is 0.466 e. The number of alkyl halides is 3. The van der Waals surface area contributed by atoms with Crippen LogP contribution in [0.4, 0.5) is 19.1 Å². The summed E-state index contributed by atoms with van der Waals surface area (Å²) in [4.78, 5) is 18.8. The maximum absolute atomic E-state index is 12.7. The Morgan fingerprint density at radius 2 is 2.24 bits per heavy atom. The highest BCUT2D eigenvalue weighted by Crippen LogP contribution is 2.20. The van der Waals surface area contributed by atoms with Gasteiger partial charge in [-0.25, -0.2) is 15.4 Å². The standard InChI is InChI=1S/C11H13F3N4O2S/c1-3-20-9(19)6-7(11(12,13)14)17-18-10-15-5-4-8(16-10)21-2/h4-5H,3,6H2,1-2H3,(H,15,16,18)/b17-7+. The lowest BCUT2D eigenvalue weighted by atomic mass is 10.2. The van der Waals surface area contributed by atoms with Gasteiger partial charge in [-0.15, -0.1) is 11.8 Å². The zero-order valence-electron chi connectivity index (χ0n) is 11.3. The molecule has 0 aliphatic heterocycles. The molecule has 0 aliphatic carbocycles. The number of thioether (sulfide) groups is 1. The van der Waals surface area contributed by atoms with Crippen LogP contribution in [0.2, 0.25) is 0 Å². The summed E-state index contributed by atoms with van der Waals surface area (Å²) in [5.41, 5.74) is 0.792. The average molecular weight is 322 g/mol. The van der Waals surface area contributed by atoms with Crippen LogP contribution in [0.25, 0.3) is 0 Å². The number of nitrogens with zero attached hydrogens (tertiary/aromatic N) is 3. The predicted octanol–water partition coefficient (Wildman–Crippen LogP) is 2.48. The van der Waals surface area contributed by atoms with Crippen molar-refractivity contribution in [3.63, 3.8) is 0 Å². The molecule has 1 heterocycles. The fraction of sp³-hybridized carbons (Fsp3) is 0.455. The molecule has 0 fully saturated rings. The number of halogens is 3. The quantitative estimate of drug-likeness (QED) is 0.285. The highest BCUT2D eigenvalue weighted by molar-refractivity contribution is 7.98. The number of hydrogen-bond donors (Lipinski definition) is 1. The highest BCUT2D eigenvalue weighted by atomic mass is 32.2. The van der Waals surface area contributed by atoms with Crippen molar-refractivity contribution in [1.82, 2.24) is 9.97 Å². The zero-order chi connectivity index (χ0) is 15.9. The van der Waals surface area contributed by atoms with Gasteiger partial charge in [0.25, 0.3) is 0 Å². The van der Waals surface area contributed by atoms with Gasteiger partial charge in [0.1, 0.15) is 5.03 Å². The van der Waals surface area contributed by atoms with Crippen molar-refractivity contribution >= 4 is 29.4 Å². The molecule has 0 unspecified atom stereocenters. The van der Waals surface area contributed by atoms with E-state index in [0.29, 0.717) is 5.03 Å². The van der Waals surface area contributed by atoms with Crippen LogP contribution in [0.3, 0.4) is 0 Å². The molecule has 1 N–H and O–H groups in total. The van der Waals surface area contributed by atoms with Crippen molar-refractivity contribution in [3.8, 4) is 0 Å². The van der Waals surface area contributed by atoms with Crippen molar-refractivity contribution in [1.29, 1.82) is 0 Å². The van der Waals surface area contributed by atoms with Crippen molar-refractivity contribution in [2.24, 2.45) is 5.10 Å². The molecule has 0 amide bonds. The Kier molecular flexibility index (Phi) is 6.40. The van der Waals surface area contributed by atoms with Crippen molar-refractivity contribution in [2.45, 2.75) is 24.5 Å². The summed E-state index contributed by atoms with van der Waals surface area (Å²) < 4.78 is 42.7. The topological polar surface area (TPSA) is 76.5 Å². The molecule has 21 heavy (non-hydrogen) atoms. The molecular weight excluding hydrogens is 309 g/mol. The van der Waals surface area contributed by atoms with Gasteiger partial charge in [0.05, 0.1) is 13.0 Å². The summed E-state index contributed by atoms with van der Waals surface area (Å²) in [5.74, 6) is -1.10. The molecule has 0 aromatic carbocycles. The number of carbonyl (C=O) groups is 1. The number of hydrogen-bond acceptors (Lipinski definition) is 7. The molecule has 0 bridgehead atoms. The van der Waals surface area contributed by atoms with Gasteiger partial charge < -0.3 is 4.74 Å². The maximum atomic E-state index is 12.7. The van der Waals surface area contributed by atoms with E-state index in [0.717, 1.165) is 0 Å². The predicted molar refractivity (Wildman–Crippen MR) is 72.2 cm³/mol. The molecule has 0 radical (unpaired) electrons. The number of carbonyl (C=O) groups excluding carboxylic acids is 1. The number of hydrazone groups is 1. The Morgan fingerprint density at radius 3 is 2.81 bits per heavy atom. The third-order valence-corrected chi connectivity index (χ3v) is 2.72. The van der Waals surface area contributed by atoms with Crippen LogP contribution in [0.5, 0.6) is 0 Å². The van der Waals surface area contributed by atoms with E-state index < -0.39 is 24.3 Å². The molecule has 6 nitrogen and oxygen atoms in total. The first-order valence-electron chi connectivity index (χ1n) is 5.79. The third-order valence-electron chi connectivity index (χ3n) is 2.07. The van der Waals surface area contributed by atoms with Gasteiger partial charge in [0.2, 0.25) is 5.95 Å². The molecule has 1 aromatic rings. The Morgan fingerprint density at radius 1 is 1.52 bits per heavy atom. The summed E-state index contributed by atoms with van der Waals surface area (Å²) in [6, 6.07) is 1.60. The minimum absolute atomic E-state index is 0.00369. The van der Waals surface area contributed by atoms with Crippen LogP contribution in [0, 0.1) is 0 Å². The number of anilines is 1. The van der Waals surface area contributed by atoms with Crippen LogP contribution in [-0.2, 0) is 9.53 Å². The van der Waals surface area contributed by atoms with E-state index in [1.807, 2.05) is 0 Å². The number of nitrogens with one attached hydrogen (secondary N) is 1. The highest BCUT2D eigenvalue weighted by Gasteiger charge is 2.37. The van der Waals surface area contributed by atoms with E-state index in [9.17, 15) is 18.0 Å². The Hall–Kier alpha value is -1.84. The molecule has 1 rings (SSSR count). The molecule has 0 aliphatic rings. The van der Waals surface area contributed by atoms with Gasteiger partial charge in [-0.05, 0) is 19.2 Å². The average Bonchev–Trinajstić information content (AvgIpc) is 2.42. The summed E-state index contributed by atoms with van der Waals surface area (Å²) in [6.45, 7) is 1.50. The van der Waals surface area contributed by atoms with E-state index in [2.05, 4.69) is 25.2 Å². The number of aromatic nitrogens is 2. The van der Waals surface area contributed by atoms with Gasteiger partial charge >= 0.3 is 12.1 Å². The van der Waals surface area contributed by atoms with E-state index in [1.165, 1.54) is 24.9 Å². The third kappa shape index (κ3) is 5.98. The lowest BCUT2D eigenvalue weighted by Gasteiger charge is -2.10. The van der Waals surface area contributed by atoms with E-state index >= 15 is 0 Å². The Balaban J connectivity index is 2.85. The second-order valence-electron chi connectivity index (χ2n) is 3.57. The first kappa shape index (κ1) is 17.2. The Bertz CT molecular complexity index is 522. The van der Waals surface area contributed by atoms with Crippen molar-refractivity contribution in [2.75, 3.05) is 18.3 Å². The van der Waals surface area contributed by atoms with Crippen LogP contribution >= 0.6 is 11.8 Å². The van der Waals surface area contributed by atoms with Crippen LogP contribution in [-0.4, -0.2) is 40.7 Å². The van der Waals surface area contributed by atoms with Gasteiger partial charge in [0, 0.05) is 6.20 Å². The summed E-state index contributed by atoms with van der Waals surface area (Å²) in [6.07, 6.45) is -2.59. The van der Waals surface area contributed by atoms with Crippen LogP contribution in [0.15, 0.2) is 22.4 Å². The monoisotopic (exact) mass is 322 g/mol. The molecule has 0 saturated heterocycles. The minimum atomic E-state index is -4.75. The van der Waals surface area contributed by atoms with Crippen LogP contribution < -0.4 is 5.43 Å². The smallest absolute Gasteiger partial charge is 0.431 e. The lowest BCUT2D eigenvalue weighted by Crippen LogP contribution is -2.27. The van der Waals surface area contributed by atoms with Gasteiger partial charge in [-0.2, -0.15) is 18.3 Å². The molecule has 0 saturated carbocycles. The number of ether oxygens (including phenoxy) is 1. The fourth-order valence-corrected chi connectivity index (χ4v) is 1.55. The van der Waals surface area contributed by atoms with E-state index in [4.69, 9.17) is 0 Å². The first-order chi connectivity index (χ1) is 9.86. The summed E-state index contributed by atoms with van der Waals surface area (Å²) >= 11 is 1.30. The van der Waals surface area contributed by atoms with Crippen molar-refractivity contribution < 1.29 is 22.7 Å². The van der Waals surface area contributed by atoms with Crippen molar-refractivity contribution in [3.05, 3.63) is 12.3 Å². The van der Waals surface area contributed by atoms with Gasteiger partial charge in [-0.3, -0.25) is 4.79 Å². The molecular formula is C11H13F3N4O2S. The van der Waals surface area contributed by atoms with Crippen LogP contribution in [0.1, 0.15) is 13.3 Å². The Labute approximate surface area is 123 Å². The lowest BCUT2D eigenvalue weighted by molar-refractivity contribution is -0.142. The minimum Gasteiger partial charge on any atom is -0.466 e. The second kappa shape index (κ2) is 7.81. The number of esters is 1. The normalized spacial score (nSPS) is 12.1. The van der Waals surface area contributed by atoms with Gasteiger partial charge in [-0.1, -0.05) is 0 Å². The second-order valence-corrected chi connectivity index (χ2v) is 4.40. The summed E-state index contributed by atoms with van der Waals surface area (Å²) in [5, 5.41) is 3.74.